The molecule has 0 aliphatic carbocycles. The summed E-state index contributed by atoms with van der Waals surface area (Å²) in [5.74, 6) is -0.772. The van der Waals surface area contributed by atoms with E-state index in [0.29, 0.717) is 28.3 Å². The SMILES string of the molecule is Fc1ccc(C2=Nc3nc(C(F)(F)F)nn3C(c3ccc4c(c3)OCO4)C2)cc1. The maximum atomic E-state index is 13.3. The highest BCUT2D eigenvalue weighted by Gasteiger charge is 2.39. The number of alkyl halides is 3. The maximum Gasteiger partial charge on any atom is 0.453 e. The van der Waals surface area contributed by atoms with Crippen molar-refractivity contribution in [2.24, 2.45) is 4.99 Å². The largest absolute Gasteiger partial charge is 0.454 e. The summed E-state index contributed by atoms with van der Waals surface area (Å²) >= 11 is 0. The zero-order valence-corrected chi connectivity index (χ0v) is 14.7. The highest BCUT2D eigenvalue weighted by Crippen LogP contribution is 2.40. The van der Waals surface area contributed by atoms with E-state index in [2.05, 4.69) is 15.1 Å². The maximum absolute atomic E-state index is 13.3. The number of rotatable bonds is 2. The van der Waals surface area contributed by atoms with Crippen LogP contribution in [0.3, 0.4) is 0 Å². The molecule has 5 rings (SSSR count). The molecular weight excluding hydrogens is 392 g/mol. The van der Waals surface area contributed by atoms with Crippen LogP contribution in [0.2, 0.25) is 0 Å². The van der Waals surface area contributed by atoms with E-state index in [1.807, 2.05) is 0 Å². The van der Waals surface area contributed by atoms with Crippen molar-refractivity contribution in [2.45, 2.75) is 18.6 Å². The second-order valence-electron chi connectivity index (χ2n) is 6.58. The van der Waals surface area contributed by atoms with Crippen LogP contribution in [-0.2, 0) is 6.18 Å². The minimum absolute atomic E-state index is 0.0819. The molecule has 0 amide bonds. The van der Waals surface area contributed by atoms with Crippen molar-refractivity contribution in [2.75, 3.05) is 6.79 Å². The lowest BCUT2D eigenvalue weighted by Gasteiger charge is -2.24. The highest BCUT2D eigenvalue weighted by molar-refractivity contribution is 6.02. The summed E-state index contributed by atoms with van der Waals surface area (Å²) in [5, 5.41) is 3.66. The van der Waals surface area contributed by atoms with E-state index in [9.17, 15) is 17.6 Å². The number of nitrogens with zero attached hydrogens (tertiary/aromatic N) is 4. The molecule has 0 spiro atoms. The van der Waals surface area contributed by atoms with Gasteiger partial charge in [-0.05, 0) is 35.4 Å². The van der Waals surface area contributed by atoms with Crippen LogP contribution in [0.15, 0.2) is 47.5 Å². The van der Waals surface area contributed by atoms with Gasteiger partial charge in [0.2, 0.25) is 12.7 Å². The molecule has 0 bridgehead atoms. The molecular formula is C19H12F4N4O2. The Labute approximate surface area is 161 Å². The molecule has 29 heavy (non-hydrogen) atoms. The van der Waals surface area contributed by atoms with Crippen LogP contribution in [0.1, 0.15) is 29.4 Å². The van der Waals surface area contributed by atoms with Crippen molar-refractivity contribution < 1.29 is 27.0 Å². The van der Waals surface area contributed by atoms with Gasteiger partial charge in [0.15, 0.2) is 11.5 Å². The lowest BCUT2D eigenvalue weighted by molar-refractivity contribution is -0.145. The molecule has 10 heteroatoms. The van der Waals surface area contributed by atoms with Crippen molar-refractivity contribution in [3.8, 4) is 11.5 Å². The number of benzene rings is 2. The third-order valence-electron chi connectivity index (χ3n) is 4.74. The summed E-state index contributed by atoms with van der Waals surface area (Å²) in [6.07, 6.45) is -4.45. The van der Waals surface area contributed by atoms with Gasteiger partial charge < -0.3 is 9.47 Å². The van der Waals surface area contributed by atoms with Gasteiger partial charge in [-0.25, -0.2) is 14.1 Å². The third-order valence-corrected chi connectivity index (χ3v) is 4.74. The standard InChI is InChI=1S/C19H12F4N4O2/c20-12-4-1-10(2-5-12)13-8-14(11-3-6-15-16(7-11)29-9-28-15)27-18(24-13)25-17(26-27)19(21,22)23/h1-7,14H,8-9H2. The normalized spacial score (nSPS) is 17.8. The summed E-state index contributed by atoms with van der Waals surface area (Å²) in [6.45, 7) is 0.0819. The van der Waals surface area contributed by atoms with Gasteiger partial charge in [-0.1, -0.05) is 18.2 Å². The number of ether oxygens (including phenoxy) is 2. The Morgan fingerprint density at radius 2 is 1.76 bits per heavy atom. The van der Waals surface area contributed by atoms with Crippen LogP contribution < -0.4 is 9.47 Å². The summed E-state index contributed by atoms with van der Waals surface area (Å²) in [7, 11) is 0. The third kappa shape index (κ3) is 3.10. The highest BCUT2D eigenvalue weighted by atomic mass is 19.4. The van der Waals surface area contributed by atoms with Gasteiger partial charge in [0.1, 0.15) is 5.82 Å². The molecule has 0 N–H and O–H groups in total. The first-order valence-electron chi connectivity index (χ1n) is 8.65. The minimum Gasteiger partial charge on any atom is -0.454 e. The van der Waals surface area contributed by atoms with Gasteiger partial charge in [-0.2, -0.15) is 18.2 Å². The molecule has 1 unspecified atom stereocenters. The number of halogens is 4. The number of hydrogen-bond donors (Lipinski definition) is 0. The predicted molar refractivity (Wildman–Crippen MR) is 92.9 cm³/mol. The summed E-state index contributed by atoms with van der Waals surface area (Å²) in [6, 6.07) is 10.2. The zero-order chi connectivity index (χ0) is 20.2. The molecule has 3 aromatic rings. The van der Waals surface area contributed by atoms with Gasteiger partial charge in [0.05, 0.1) is 11.8 Å². The lowest BCUT2D eigenvalue weighted by atomic mass is 9.96. The quantitative estimate of drug-likeness (QED) is 0.599. The average molecular weight is 404 g/mol. The monoisotopic (exact) mass is 404 g/mol. The molecule has 0 radical (unpaired) electrons. The summed E-state index contributed by atoms with van der Waals surface area (Å²) in [4.78, 5) is 7.83. The Morgan fingerprint density at radius 1 is 1.00 bits per heavy atom. The molecule has 2 aliphatic rings. The predicted octanol–water partition coefficient (Wildman–Crippen LogP) is 4.28. The number of hydrogen-bond acceptors (Lipinski definition) is 5. The molecule has 1 atom stereocenters. The Kier molecular flexibility index (Phi) is 3.83. The fourth-order valence-electron chi connectivity index (χ4n) is 3.36. The Balaban J connectivity index is 1.62. The second-order valence-corrected chi connectivity index (χ2v) is 6.58. The van der Waals surface area contributed by atoms with Crippen LogP contribution in [0.4, 0.5) is 23.5 Å². The Bertz CT molecular complexity index is 1120. The first kappa shape index (κ1) is 17.7. The van der Waals surface area contributed by atoms with Crippen molar-refractivity contribution in [3.05, 3.63) is 65.2 Å². The molecule has 2 aliphatic heterocycles. The van der Waals surface area contributed by atoms with Crippen LogP contribution in [0, 0.1) is 5.82 Å². The van der Waals surface area contributed by atoms with Crippen molar-refractivity contribution in [1.82, 2.24) is 14.8 Å². The van der Waals surface area contributed by atoms with E-state index < -0.39 is 23.9 Å². The number of aliphatic imine (C=N–C) groups is 1. The second kappa shape index (κ2) is 6.29. The van der Waals surface area contributed by atoms with E-state index in [0.717, 1.165) is 4.68 Å². The Hall–Kier alpha value is -3.43. The summed E-state index contributed by atoms with van der Waals surface area (Å²) in [5.41, 5.74) is 1.75. The first-order valence-corrected chi connectivity index (χ1v) is 8.65. The molecule has 0 saturated heterocycles. The molecule has 2 aromatic carbocycles. The van der Waals surface area contributed by atoms with Crippen LogP contribution in [0.25, 0.3) is 0 Å². The fraction of sp³-hybridized carbons (Fsp3) is 0.211. The fourth-order valence-corrected chi connectivity index (χ4v) is 3.36. The van der Waals surface area contributed by atoms with Gasteiger partial charge in [0.25, 0.3) is 5.82 Å². The van der Waals surface area contributed by atoms with Crippen molar-refractivity contribution in [1.29, 1.82) is 0 Å². The number of aromatic nitrogens is 3. The van der Waals surface area contributed by atoms with Crippen LogP contribution in [0.5, 0.6) is 11.5 Å². The van der Waals surface area contributed by atoms with Gasteiger partial charge in [-0.15, -0.1) is 5.10 Å². The molecule has 1 aromatic heterocycles. The average Bonchev–Trinajstić information content (AvgIpc) is 3.33. The van der Waals surface area contributed by atoms with Gasteiger partial charge in [0, 0.05) is 6.42 Å². The molecule has 148 valence electrons. The van der Waals surface area contributed by atoms with Crippen molar-refractivity contribution in [3.63, 3.8) is 0 Å². The van der Waals surface area contributed by atoms with E-state index in [4.69, 9.17) is 9.47 Å². The van der Waals surface area contributed by atoms with E-state index in [1.165, 1.54) is 24.3 Å². The zero-order valence-electron chi connectivity index (χ0n) is 14.7. The summed E-state index contributed by atoms with van der Waals surface area (Å²) < 4.78 is 64.7. The van der Waals surface area contributed by atoms with Gasteiger partial charge >= 0.3 is 6.18 Å². The van der Waals surface area contributed by atoms with Crippen molar-refractivity contribution >= 4 is 11.7 Å². The topological polar surface area (TPSA) is 61.5 Å². The molecule has 3 heterocycles. The van der Waals surface area contributed by atoms with E-state index in [-0.39, 0.29) is 19.2 Å². The molecule has 0 saturated carbocycles. The molecule has 0 fully saturated rings. The number of fused-ring (bicyclic) bond motifs is 2. The first-order chi connectivity index (χ1) is 13.9. The Morgan fingerprint density at radius 3 is 2.52 bits per heavy atom. The van der Waals surface area contributed by atoms with Crippen LogP contribution >= 0.6 is 0 Å². The van der Waals surface area contributed by atoms with E-state index >= 15 is 0 Å². The smallest absolute Gasteiger partial charge is 0.453 e. The lowest BCUT2D eigenvalue weighted by Crippen LogP contribution is -2.21. The van der Waals surface area contributed by atoms with Gasteiger partial charge in [-0.3, -0.25) is 0 Å². The van der Waals surface area contributed by atoms with Crippen LogP contribution in [-0.4, -0.2) is 27.3 Å². The van der Waals surface area contributed by atoms with E-state index in [1.54, 1.807) is 18.2 Å². The molecule has 6 nitrogen and oxygen atoms in total. The minimum atomic E-state index is -4.70.